The summed E-state index contributed by atoms with van der Waals surface area (Å²) in [6.45, 7) is 8.85. The van der Waals surface area contributed by atoms with Crippen molar-refractivity contribution in [2.24, 2.45) is 0 Å². The van der Waals surface area contributed by atoms with Gasteiger partial charge in [0.05, 0.1) is 9.79 Å². The van der Waals surface area contributed by atoms with Gasteiger partial charge in [-0.3, -0.25) is 9.69 Å². The van der Waals surface area contributed by atoms with Crippen LogP contribution in [-0.2, 0) is 26.6 Å². The Hall–Kier alpha value is -3.09. The summed E-state index contributed by atoms with van der Waals surface area (Å²) >= 11 is 0. The second-order valence-electron chi connectivity index (χ2n) is 9.76. The number of sulfonamides is 2. The number of amides is 1. The normalized spacial score (nSPS) is 15.3. The molecule has 11 heteroatoms. The van der Waals surface area contributed by atoms with E-state index in [1.54, 1.807) is 56.3 Å². The first-order valence-electron chi connectivity index (χ1n) is 13.3. The van der Waals surface area contributed by atoms with Gasteiger partial charge < -0.3 is 5.32 Å². The summed E-state index contributed by atoms with van der Waals surface area (Å²) in [6.07, 6.45) is 0. The molecule has 1 aliphatic rings. The molecule has 0 spiro atoms. The van der Waals surface area contributed by atoms with Crippen molar-refractivity contribution >= 4 is 31.6 Å². The van der Waals surface area contributed by atoms with Crippen molar-refractivity contribution < 1.29 is 21.6 Å². The fourth-order valence-corrected chi connectivity index (χ4v) is 7.56. The summed E-state index contributed by atoms with van der Waals surface area (Å²) < 4.78 is 54.3. The minimum atomic E-state index is -3.57. The van der Waals surface area contributed by atoms with Crippen LogP contribution in [0.3, 0.4) is 0 Å². The van der Waals surface area contributed by atoms with Crippen LogP contribution < -0.4 is 5.32 Å². The fraction of sp³-hybridized carbons (Fsp3) is 0.345. The molecule has 1 amide bonds. The van der Waals surface area contributed by atoms with Gasteiger partial charge in [-0.1, -0.05) is 43.7 Å². The second-order valence-corrected chi connectivity index (χ2v) is 13.6. The monoisotopic (exact) mass is 584 g/mol. The van der Waals surface area contributed by atoms with Crippen LogP contribution in [0.15, 0.2) is 82.6 Å². The standard InChI is InChI=1S/C29H36N4O5S2/c1-4-32(5-2)39(35,36)28-15-11-26(12-16-28)30-29(34)25-8-6-7-24(21-25)22-31-17-19-33(20-18-31)40(37,38)27-13-9-23(3)10-14-27/h6-16,21H,4-5,17-20,22H2,1-3H3,(H,30,34). The lowest BCUT2D eigenvalue weighted by molar-refractivity contribution is 0.102. The van der Waals surface area contributed by atoms with Crippen LogP contribution in [0.4, 0.5) is 5.69 Å². The number of carbonyl (C=O) groups excluding carboxylic acids is 1. The van der Waals surface area contributed by atoms with Gasteiger partial charge in [0.25, 0.3) is 5.91 Å². The molecule has 1 aliphatic heterocycles. The third kappa shape index (κ3) is 6.79. The number of anilines is 1. The molecule has 214 valence electrons. The van der Waals surface area contributed by atoms with E-state index in [-0.39, 0.29) is 10.8 Å². The smallest absolute Gasteiger partial charge is 0.255 e. The number of nitrogens with zero attached hydrogens (tertiary/aromatic N) is 3. The molecule has 3 aromatic rings. The van der Waals surface area contributed by atoms with Gasteiger partial charge in [-0.15, -0.1) is 0 Å². The molecule has 0 aliphatic carbocycles. The molecule has 1 N–H and O–H groups in total. The Kier molecular flexibility index (Phi) is 9.42. The van der Waals surface area contributed by atoms with E-state index in [1.165, 1.54) is 20.7 Å². The number of piperazine rings is 1. The Bertz CT molecular complexity index is 1530. The number of hydrogen-bond acceptors (Lipinski definition) is 6. The lowest BCUT2D eigenvalue weighted by Gasteiger charge is -2.34. The van der Waals surface area contributed by atoms with Crippen molar-refractivity contribution in [3.63, 3.8) is 0 Å². The molecule has 1 heterocycles. The molecule has 0 atom stereocenters. The van der Waals surface area contributed by atoms with E-state index in [9.17, 15) is 21.6 Å². The van der Waals surface area contributed by atoms with E-state index in [0.717, 1.165) is 11.1 Å². The average molecular weight is 585 g/mol. The summed E-state index contributed by atoms with van der Waals surface area (Å²) in [7, 11) is -7.09. The van der Waals surface area contributed by atoms with Crippen LogP contribution in [0.1, 0.15) is 35.3 Å². The number of carbonyl (C=O) groups is 1. The van der Waals surface area contributed by atoms with Gasteiger partial charge in [0, 0.05) is 57.1 Å². The number of nitrogens with one attached hydrogen (secondary N) is 1. The van der Waals surface area contributed by atoms with Crippen LogP contribution in [0, 0.1) is 6.92 Å². The number of hydrogen-bond donors (Lipinski definition) is 1. The fourth-order valence-electron chi connectivity index (χ4n) is 4.68. The van der Waals surface area contributed by atoms with Gasteiger partial charge in [-0.05, 0) is 61.0 Å². The predicted molar refractivity (Wildman–Crippen MR) is 156 cm³/mol. The van der Waals surface area contributed by atoms with Crippen molar-refractivity contribution in [3.05, 3.63) is 89.5 Å². The lowest BCUT2D eigenvalue weighted by atomic mass is 10.1. The van der Waals surface area contributed by atoms with Crippen LogP contribution in [0.5, 0.6) is 0 Å². The quantitative estimate of drug-likeness (QED) is 0.389. The van der Waals surface area contributed by atoms with Crippen LogP contribution in [0.2, 0.25) is 0 Å². The summed E-state index contributed by atoms with van der Waals surface area (Å²) in [5, 5.41) is 2.83. The molecular weight excluding hydrogens is 548 g/mol. The van der Waals surface area contributed by atoms with E-state index in [1.807, 2.05) is 25.1 Å². The summed E-state index contributed by atoms with van der Waals surface area (Å²) in [5.74, 6) is -0.296. The van der Waals surface area contributed by atoms with Gasteiger partial charge in [0.1, 0.15) is 0 Å². The van der Waals surface area contributed by atoms with Crippen molar-refractivity contribution in [2.75, 3.05) is 44.6 Å². The van der Waals surface area contributed by atoms with Gasteiger partial charge in [-0.2, -0.15) is 8.61 Å². The lowest BCUT2D eigenvalue weighted by Crippen LogP contribution is -2.48. The van der Waals surface area contributed by atoms with Crippen molar-refractivity contribution in [2.45, 2.75) is 37.1 Å². The molecule has 0 radical (unpaired) electrons. The Morgan fingerprint density at radius 2 is 1.43 bits per heavy atom. The Labute approximate surface area is 237 Å². The first kappa shape index (κ1) is 29.9. The van der Waals surface area contributed by atoms with Gasteiger partial charge >= 0.3 is 0 Å². The SMILES string of the molecule is CCN(CC)S(=O)(=O)c1ccc(NC(=O)c2cccc(CN3CCN(S(=O)(=O)c4ccc(C)cc4)CC3)c2)cc1. The Morgan fingerprint density at radius 1 is 0.825 bits per heavy atom. The summed E-state index contributed by atoms with van der Waals surface area (Å²) in [6, 6.07) is 20.4. The van der Waals surface area contributed by atoms with Crippen LogP contribution in [-0.4, -0.2) is 75.5 Å². The van der Waals surface area contributed by atoms with E-state index < -0.39 is 20.0 Å². The van der Waals surface area contributed by atoms with Crippen LogP contribution in [0.25, 0.3) is 0 Å². The van der Waals surface area contributed by atoms with Crippen molar-refractivity contribution in [1.29, 1.82) is 0 Å². The average Bonchev–Trinajstić information content (AvgIpc) is 2.94. The third-order valence-corrected chi connectivity index (χ3v) is 11.0. The molecule has 1 fully saturated rings. The van der Waals surface area contributed by atoms with E-state index in [4.69, 9.17) is 0 Å². The molecule has 3 aromatic carbocycles. The van der Waals surface area contributed by atoms with E-state index >= 15 is 0 Å². The van der Waals surface area contributed by atoms with Crippen molar-refractivity contribution in [3.8, 4) is 0 Å². The van der Waals surface area contributed by atoms with Gasteiger partial charge in [0.2, 0.25) is 20.0 Å². The molecule has 9 nitrogen and oxygen atoms in total. The molecule has 0 bridgehead atoms. The zero-order chi connectivity index (χ0) is 28.9. The summed E-state index contributed by atoms with van der Waals surface area (Å²) in [5.41, 5.74) is 2.94. The molecule has 0 saturated carbocycles. The Morgan fingerprint density at radius 3 is 2.02 bits per heavy atom. The molecule has 0 aromatic heterocycles. The van der Waals surface area contributed by atoms with Crippen molar-refractivity contribution in [1.82, 2.24) is 13.5 Å². The molecule has 1 saturated heterocycles. The maximum Gasteiger partial charge on any atom is 0.255 e. The van der Waals surface area contributed by atoms with E-state index in [0.29, 0.717) is 62.0 Å². The minimum Gasteiger partial charge on any atom is -0.322 e. The third-order valence-electron chi connectivity index (χ3n) is 7.04. The highest BCUT2D eigenvalue weighted by Gasteiger charge is 2.28. The predicted octanol–water partition coefficient (Wildman–Crippen LogP) is 3.78. The summed E-state index contributed by atoms with van der Waals surface area (Å²) in [4.78, 5) is 15.6. The second kappa shape index (κ2) is 12.6. The first-order valence-corrected chi connectivity index (χ1v) is 16.2. The highest BCUT2D eigenvalue weighted by Crippen LogP contribution is 2.21. The zero-order valence-corrected chi connectivity index (χ0v) is 24.7. The number of aryl methyl sites for hydroxylation is 1. The zero-order valence-electron chi connectivity index (χ0n) is 23.1. The highest BCUT2D eigenvalue weighted by molar-refractivity contribution is 7.89. The topological polar surface area (TPSA) is 107 Å². The first-order chi connectivity index (χ1) is 19.0. The number of benzene rings is 3. The molecule has 0 unspecified atom stereocenters. The highest BCUT2D eigenvalue weighted by atomic mass is 32.2. The Balaban J connectivity index is 1.35. The molecular formula is C29H36N4O5S2. The van der Waals surface area contributed by atoms with Gasteiger partial charge in [-0.25, -0.2) is 16.8 Å². The number of rotatable bonds is 10. The van der Waals surface area contributed by atoms with Gasteiger partial charge in [0.15, 0.2) is 0 Å². The molecule has 40 heavy (non-hydrogen) atoms. The minimum absolute atomic E-state index is 0.183. The largest absolute Gasteiger partial charge is 0.322 e. The maximum absolute atomic E-state index is 13.0. The maximum atomic E-state index is 13.0. The molecule has 4 rings (SSSR count). The van der Waals surface area contributed by atoms with E-state index in [2.05, 4.69) is 10.2 Å². The van der Waals surface area contributed by atoms with Crippen LogP contribution >= 0.6 is 0 Å².